The highest BCUT2D eigenvalue weighted by atomic mass is 16.5. The van der Waals surface area contributed by atoms with Gasteiger partial charge in [0.2, 0.25) is 0 Å². The normalized spacial score (nSPS) is 10.2. The molecule has 0 fully saturated rings. The van der Waals surface area contributed by atoms with Gasteiger partial charge in [0, 0.05) is 11.4 Å². The van der Waals surface area contributed by atoms with Gasteiger partial charge in [-0.1, -0.05) is 6.07 Å². The molecule has 2 N–H and O–H groups in total. The van der Waals surface area contributed by atoms with E-state index < -0.39 is 0 Å². The summed E-state index contributed by atoms with van der Waals surface area (Å²) in [6, 6.07) is 15.4. The van der Waals surface area contributed by atoms with Crippen molar-refractivity contribution < 1.29 is 23.5 Å². The molecular weight excluding hydrogens is 360 g/mol. The highest BCUT2D eigenvalue weighted by Crippen LogP contribution is 2.27. The second-order valence-corrected chi connectivity index (χ2v) is 6.00. The van der Waals surface area contributed by atoms with Crippen molar-refractivity contribution in [1.82, 2.24) is 0 Å². The Morgan fingerprint density at radius 2 is 1.68 bits per heavy atom. The van der Waals surface area contributed by atoms with Gasteiger partial charge in [0.15, 0.2) is 23.9 Å². The molecule has 0 aliphatic carbocycles. The number of amides is 2. The Labute approximate surface area is 162 Å². The average Bonchev–Trinajstić information content (AvgIpc) is 3.23. The molecule has 0 spiro atoms. The van der Waals surface area contributed by atoms with E-state index in [1.54, 1.807) is 49.6 Å². The predicted molar refractivity (Wildman–Crippen MR) is 105 cm³/mol. The van der Waals surface area contributed by atoms with E-state index >= 15 is 0 Å². The van der Waals surface area contributed by atoms with Crippen LogP contribution in [0.4, 0.5) is 11.4 Å². The first-order valence-corrected chi connectivity index (χ1v) is 8.57. The van der Waals surface area contributed by atoms with E-state index in [9.17, 15) is 9.59 Å². The van der Waals surface area contributed by atoms with Crippen LogP contribution in [0.1, 0.15) is 16.1 Å². The largest absolute Gasteiger partial charge is 0.493 e. The Hall–Kier alpha value is -3.74. The lowest BCUT2D eigenvalue weighted by Gasteiger charge is -2.11. The molecule has 2 amide bonds. The molecule has 0 saturated heterocycles. The monoisotopic (exact) mass is 380 g/mol. The highest BCUT2D eigenvalue weighted by Gasteiger charge is 2.10. The number of carbonyl (C=O) groups is 2. The minimum atomic E-state index is -0.345. The van der Waals surface area contributed by atoms with E-state index in [-0.39, 0.29) is 24.2 Å². The fraction of sp³-hybridized carbons (Fsp3) is 0.143. The summed E-state index contributed by atoms with van der Waals surface area (Å²) < 4.78 is 15.8. The number of hydrogen-bond donors (Lipinski definition) is 2. The standard InChI is InChI=1S/C21H20N2O5/c1-14-5-10-17(19(12-14)26-2)28-13-20(24)22-15-6-8-16(9-7-15)23-21(25)18-4-3-11-27-18/h3-12H,13H2,1-2H3,(H,22,24)(H,23,25). The molecule has 0 aliphatic heterocycles. The zero-order valence-corrected chi connectivity index (χ0v) is 15.5. The first kappa shape index (κ1) is 19.0. The van der Waals surface area contributed by atoms with Gasteiger partial charge in [-0.05, 0) is 61.0 Å². The lowest BCUT2D eigenvalue weighted by atomic mass is 10.2. The second-order valence-electron chi connectivity index (χ2n) is 6.00. The molecule has 28 heavy (non-hydrogen) atoms. The fourth-order valence-electron chi connectivity index (χ4n) is 2.47. The summed E-state index contributed by atoms with van der Waals surface area (Å²) in [6.45, 7) is 1.79. The van der Waals surface area contributed by atoms with Crippen molar-refractivity contribution in [1.29, 1.82) is 0 Å². The second kappa shape index (κ2) is 8.77. The van der Waals surface area contributed by atoms with Crippen LogP contribution in [0.2, 0.25) is 0 Å². The van der Waals surface area contributed by atoms with Crippen molar-refractivity contribution in [2.24, 2.45) is 0 Å². The Morgan fingerprint density at radius 3 is 2.32 bits per heavy atom. The maximum absolute atomic E-state index is 12.1. The van der Waals surface area contributed by atoms with Crippen molar-refractivity contribution in [2.45, 2.75) is 6.92 Å². The van der Waals surface area contributed by atoms with Crippen molar-refractivity contribution in [3.63, 3.8) is 0 Å². The van der Waals surface area contributed by atoms with Crippen LogP contribution in [-0.4, -0.2) is 25.5 Å². The fourth-order valence-corrected chi connectivity index (χ4v) is 2.47. The molecule has 7 nitrogen and oxygen atoms in total. The number of aryl methyl sites for hydroxylation is 1. The molecule has 3 aromatic rings. The summed E-state index contributed by atoms with van der Waals surface area (Å²) in [5.41, 5.74) is 2.20. The summed E-state index contributed by atoms with van der Waals surface area (Å²) in [7, 11) is 1.55. The maximum Gasteiger partial charge on any atom is 0.291 e. The van der Waals surface area contributed by atoms with Gasteiger partial charge in [-0.2, -0.15) is 0 Å². The van der Waals surface area contributed by atoms with Crippen molar-refractivity contribution in [3.05, 3.63) is 72.2 Å². The Bertz CT molecular complexity index is 949. The Kier molecular flexibility index (Phi) is 5.96. The number of furan rings is 1. The molecule has 1 aromatic heterocycles. The van der Waals surface area contributed by atoms with Crippen LogP contribution < -0.4 is 20.1 Å². The zero-order valence-electron chi connectivity index (χ0n) is 15.5. The van der Waals surface area contributed by atoms with E-state index in [1.807, 2.05) is 19.1 Å². The van der Waals surface area contributed by atoms with Crippen LogP contribution in [0, 0.1) is 6.92 Å². The third kappa shape index (κ3) is 4.91. The quantitative estimate of drug-likeness (QED) is 0.649. The van der Waals surface area contributed by atoms with Crippen LogP contribution in [0.3, 0.4) is 0 Å². The summed E-state index contributed by atoms with van der Waals surface area (Å²) in [5.74, 6) is 0.641. The number of benzene rings is 2. The van der Waals surface area contributed by atoms with E-state index in [0.717, 1.165) is 5.56 Å². The lowest BCUT2D eigenvalue weighted by molar-refractivity contribution is -0.118. The number of rotatable bonds is 7. The number of nitrogens with one attached hydrogen (secondary N) is 2. The maximum atomic E-state index is 12.1. The number of carbonyl (C=O) groups excluding carboxylic acids is 2. The van der Waals surface area contributed by atoms with Gasteiger partial charge in [0.05, 0.1) is 13.4 Å². The molecule has 2 aromatic carbocycles. The Morgan fingerprint density at radius 1 is 0.964 bits per heavy atom. The molecule has 0 bridgehead atoms. The number of ether oxygens (including phenoxy) is 2. The predicted octanol–water partition coefficient (Wildman–Crippen LogP) is 3.87. The van der Waals surface area contributed by atoms with E-state index in [2.05, 4.69) is 10.6 Å². The van der Waals surface area contributed by atoms with Gasteiger partial charge in [-0.25, -0.2) is 0 Å². The van der Waals surface area contributed by atoms with Crippen LogP contribution in [0.25, 0.3) is 0 Å². The number of methoxy groups -OCH3 is 1. The first-order valence-electron chi connectivity index (χ1n) is 8.57. The highest BCUT2D eigenvalue weighted by molar-refractivity contribution is 6.02. The molecular formula is C21H20N2O5. The van der Waals surface area contributed by atoms with Crippen LogP contribution in [0.15, 0.2) is 65.3 Å². The summed E-state index contributed by atoms with van der Waals surface area (Å²) in [4.78, 5) is 24.0. The molecule has 7 heteroatoms. The zero-order chi connectivity index (χ0) is 19.9. The molecule has 0 radical (unpaired) electrons. The number of hydrogen-bond acceptors (Lipinski definition) is 5. The van der Waals surface area contributed by atoms with Crippen LogP contribution in [0.5, 0.6) is 11.5 Å². The summed E-state index contributed by atoms with van der Waals surface area (Å²) >= 11 is 0. The van der Waals surface area contributed by atoms with Crippen molar-refractivity contribution in [3.8, 4) is 11.5 Å². The first-order chi connectivity index (χ1) is 13.5. The minimum Gasteiger partial charge on any atom is -0.493 e. The van der Waals surface area contributed by atoms with Crippen molar-refractivity contribution >= 4 is 23.2 Å². The van der Waals surface area contributed by atoms with E-state index in [1.165, 1.54) is 6.26 Å². The molecule has 0 atom stereocenters. The lowest BCUT2D eigenvalue weighted by Crippen LogP contribution is -2.20. The van der Waals surface area contributed by atoms with Gasteiger partial charge in [0.1, 0.15) is 0 Å². The third-order valence-corrected chi connectivity index (χ3v) is 3.85. The SMILES string of the molecule is COc1cc(C)ccc1OCC(=O)Nc1ccc(NC(=O)c2ccco2)cc1. The van der Waals surface area contributed by atoms with Crippen molar-refractivity contribution in [2.75, 3.05) is 24.4 Å². The summed E-state index contributed by atoms with van der Waals surface area (Å²) in [6.07, 6.45) is 1.43. The third-order valence-electron chi connectivity index (χ3n) is 3.85. The van der Waals surface area contributed by atoms with Gasteiger partial charge < -0.3 is 24.5 Å². The topological polar surface area (TPSA) is 89.8 Å². The van der Waals surface area contributed by atoms with Gasteiger partial charge in [0.25, 0.3) is 11.8 Å². The Balaban J connectivity index is 1.52. The summed E-state index contributed by atoms with van der Waals surface area (Å²) in [5, 5.41) is 5.44. The number of anilines is 2. The van der Waals surface area contributed by atoms with Crippen LogP contribution >= 0.6 is 0 Å². The average molecular weight is 380 g/mol. The molecule has 1 heterocycles. The molecule has 0 aliphatic rings. The van der Waals surface area contributed by atoms with Crippen LogP contribution in [-0.2, 0) is 4.79 Å². The molecule has 3 rings (SSSR count). The van der Waals surface area contributed by atoms with Gasteiger partial charge >= 0.3 is 0 Å². The van der Waals surface area contributed by atoms with Gasteiger partial charge in [-0.3, -0.25) is 9.59 Å². The van der Waals surface area contributed by atoms with E-state index in [0.29, 0.717) is 22.9 Å². The molecule has 0 unspecified atom stereocenters. The van der Waals surface area contributed by atoms with E-state index in [4.69, 9.17) is 13.9 Å². The smallest absolute Gasteiger partial charge is 0.291 e. The van der Waals surface area contributed by atoms with Gasteiger partial charge in [-0.15, -0.1) is 0 Å². The minimum absolute atomic E-state index is 0.156. The molecule has 144 valence electrons. The molecule has 0 saturated carbocycles.